The Balaban J connectivity index is 0.00000841. The molecule has 1 aliphatic carbocycles. The predicted molar refractivity (Wildman–Crippen MR) is 110 cm³/mol. The standard InChI is InChI=1S/C19H32ClN3O6.H2/c1-4-28-16(24)19(3,17(25)29-5-2)11-10-14-6-8-15(9-7-14)21-18(26)23(22-27)13-12-20;/h14-15H,4-13H2,1-3H3,(H,21,26);1H/i;1+1. The molecule has 0 saturated heterocycles. The fourth-order valence-corrected chi connectivity index (χ4v) is 3.63. The number of amides is 2. The zero-order valence-electron chi connectivity index (χ0n) is 17.4. The molecule has 0 atom stereocenters. The monoisotopic (exact) mass is 436 g/mol. The first kappa shape index (κ1) is 25.1. The van der Waals surface area contributed by atoms with Crippen LogP contribution >= 0.6 is 11.6 Å². The van der Waals surface area contributed by atoms with E-state index in [0.29, 0.717) is 18.8 Å². The number of nitrogens with one attached hydrogen (secondary N) is 1. The summed E-state index contributed by atoms with van der Waals surface area (Å²) in [6.07, 6.45) is 4.22. The quantitative estimate of drug-likeness (QED) is 0.174. The van der Waals surface area contributed by atoms with Crippen molar-refractivity contribution in [3.05, 3.63) is 4.91 Å². The molecule has 1 fully saturated rings. The number of rotatable bonds is 11. The molecule has 1 aliphatic rings. The Kier molecular flexibility index (Phi) is 10.9. The summed E-state index contributed by atoms with van der Waals surface area (Å²) in [5.74, 6) is -0.652. The number of nitrogens with zero attached hydrogens (tertiary/aromatic N) is 2. The van der Waals surface area contributed by atoms with Crippen molar-refractivity contribution in [2.24, 2.45) is 16.6 Å². The third-order valence-corrected chi connectivity index (χ3v) is 5.48. The van der Waals surface area contributed by atoms with E-state index in [2.05, 4.69) is 10.6 Å². The van der Waals surface area contributed by atoms with Gasteiger partial charge in [0, 0.05) is 13.3 Å². The summed E-state index contributed by atoms with van der Waals surface area (Å²) >= 11 is 5.55. The summed E-state index contributed by atoms with van der Waals surface area (Å²) < 4.78 is 10.2. The maximum Gasteiger partial charge on any atom is 0.340 e. The maximum absolute atomic E-state index is 12.4. The topological polar surface area (TPSA) is 114 Å². The zero-order valence-corrected chi connectivity index (χ0v) is 18.2. The minimum Gasteiger partial charge on any atom is -0.465 e. The maximum atomic E-state index is 12.4. The smallest absolute Gasteiger partial charge is 0.340 e. The molecule has 0 unspecified atom stereocenters. The van der Waals surface area contributed by atoms with Gasteiger partial charge < -0.3 is 14.8 Å². The van der Waals surface area contributed by atoms with Crippen LogP contribution < -0.4 is 5.32 Å². The third kappa shape index (κ3) is 7.45. The molecule has 168 valence electrons. The summed E-state index contributed by atoms with van der Waals surface area (Å²) in [4.78, 5) is 47.4. The predicted octanol–water partition coefficient (Wildman–Crippen LogP) is 3.64. The van der Waals surface area contributed by atoms with Crippen LogP contribution in [0.25, 0.3) is 0 Å². The normalized spacial score (nSPS) is 19.2. The van der Waals surface area contributed by atoms with Crippen LogP contribution in [0.3, 0.4) is 0 Å². The Bertz CT molecular complexity index is 554. The molecule has 0 radical (unpaired) electrons. The highest BCUT2D eigenvalue weighted by Crippen LogP contribution is 2.34. The van der Waals surface area contributed by atoms with Crippen molar-refractivity contribution in [1.29, 1.82) is 0 Å². The summed E-state index contributed by atoms with van der Waals surface area (Å²) in [6, 6.07) is -0.582. The Morgan fingerprint density at radius 3 is 2.14 bits per heavy atom. The second-order valence-electron chi connectivity index (χ2n) is 7.37. The van der Waals surface area contributed by atoms with Gasteiger partial charge >= 0.3 is 18.0 Å². The lowest BCUT2D eigenvalue weighted by Crippen LogP contribution is -2.44. The van der Waals surface area contributed by atoms with Crippen LogP contribution in [-0.2, 0) is 19.1 Å². The Morgan fingerprint density at radius 1 is 1.14 bits per heavy atom. The largest absolute Gasteiger partial charge is 0.465 e. The van der Waals surface area contributed by atoms with Gasteiger partial charge in [0.2, 0.25) is 0 Å². The Labute approximate surface area is 178 Å². The average Bonchev–Trinajstić information content (AvgIpc) is 2.71. The number of ether oxygens (including phenoxy) is 2. The lowest BCUT2D eigenvalue weighted by atomic mass is 9.77. The number of halogens is 1. The molecule has 9 nitrogen and oxygen atoms in total. The van der Waals surface area contributed by atoms with E-state index in [4.69, 9.17) is 21.1 Å². The third-order valence-electron chi connectivity index (χ3n) is 5.31. The summed E-state index contributed by atoms with van der Waals surface area (Å²) in [5.41, 5.74) is -1.31. The summed E-state index contributed by atoms with van der Waals surface area (Å²) in [7, 11) is 0. The van der Waals surface area contributed by atoms with Crippen molar-refractivity contribution < 1.29 is 25.3 Å². The number of alkyl halides is 1. The van der Waals surface area contributed by atoms with Crippen molar-refractivity contribution in [1.82, 2.24) is 10.3 Å². The van der Waals surface area contributed by atoms with Gasteiger partial charge in [0.05, 0.1) is 25.0 Å². The van der Waals surface area contributed by atoms with Gasteiger partial charge in [-0.1, -0.05) is 0 Å². The van der Waals surface area contributed by atoms with Gasteiger partial charge in [0.15, 0.2) is 5.41 Å². The van der Waals surface area contributed by atoms with E-state index >= 15 is 0 Å². The van der Waals surface area contributed by atoms with E-state index in [0.717, 1.165) is 30.7 Å². The van der Waals surface area contributed by atoms with Gasteiger partial charge in [-0.25, -0.2) is 4.79 Å². The minimum absolute atomic E-state index is 0. The molecule has 0 heterocycles. The number of carbonyl (C=O) groups is 3. The molecule has 1 saturated carbocycles. The molecule has 0 aliphatic heterocycles. The molecule has 10 heteroatoms. The molecule has 0 aromatic heterocycles. The second kappa shape index (κ2) is 12.6. The summed E-state index contributed by atoms with van der Waals surface area (Å²) in [5, 5.41) is 6.26. The van der Waals surface area contributed by atoms with Crippen molar-refractivity contribution >= 4 is 29.6 Å². The van der Waals surface area contributed by atoms with Gasteiger partial charge in [-0.15, -0.1) is 16.5 Å². The minimum atomic E-state index is -1.31. The molecule has 1 N–H and O–H groups in total. The van der Waals surface area contributed by atoms with Crippen LogP contribution in [0, 0.1) is 16.2 Å². The van der Waals surface area contributed by atoms with Gasteiger partial charge in [-0.2, -0.15) is 5.01 Å². The Hall–Kier alpha value is -1.90. The first-order valence-electron chi connectivity index (χ1n) is 10.1. The van der Waals surface area contributed by atoms with E-state index in [1.165, 1.54) is 0 Å². The lowest BCUT2D eigenvalue weighted by molar-refractivity contribution is -0.171. The molecule has 0 spiro atoms. The highest BCUT2D eigenvalue weighted by molar-refractivity contribution is 6.18. The van der Waals surface area contributed by atoms with Crippen LogP contribution in [0.1, 0.15) is 60.7 Å². The average molecular weight is 437 g/mol. The molecule has 0 bridgehead atoms. The van der Waals surface area contributed by atoms with Gasteiger partial charge in [-0.3, -0.25) is 9.59 Å². The van der Waals surface area contributed by atoms with Crippen molar-refractivity contribution in [2.75, 3.05) is 25.6 Å². The van der Waals surface area contributed by atoms with Gasteiger partial charge in [0.1, 0.15) is 0 Å². The van der Waals surface area contributed by atoms with E-state index < -0.39 is 23.4 Å². The van der Waals surface area contributed by atoms with Crippen LogP contribution in [0.5, 0.6) is 0 Å². The SMILES string of the molecule is CCOC(=O)C(C)(CCC1CCC(NC(=O)N(CCCl)N=O)CC1)C(=O)OCC.[2HH]. The first-order chi connectivity index (χ1) is 13.8. The van der Waals surface area contributed by atoms with Crippen molar-refractivity contribution in [3.8, 4) is 0 Å². The molecule has 0 aromatic carbocycles. The van der Waals surface area contributed by atoms with Gasteiger partial charge in [0.25, 0.3) is 0 Å². The Morgan fingerprint density at radius 2 is 1.69 bits per heavy atom. The molecule has 1 rings (SSSR count). The van der Waals surface area contributed by atoms with E-state index in [9.17, 15) is 19.3 Å². The van der Waals surface area contributed by atoms with Crippen molar-refractivity contribution in [3.63, 3.8) is 0 Å². The highest BCUT2D eigenvalue weighted by Gasteiger charge is 2.44. The van der Waals surface area contributed by atoms with E-state index in [1.807, 2.05) is 0 Å². The van der Waals surface area contributed by atoms with Crippen LogP contribution in [-0.4, -0.2) is 54.7 Å². The molecule has 0 aromatic rings. The number of nitroso groups, excluding NO2 is 1. The second-order valence-corrected chi connectivity index (χ2v) is 7.75. The lowest BCUT2D eigenvalue weighted by Gasteiger charge is -2.32. The molecular weight excluding hydrogens is 402 g/mol. The first-order valence-corrected chi connectivity index (χ1v) is 10.7. The number of hydrogen-bond acceptors (Lipinski definition) is 7. The van der Waals surface area contributed by atoms with E-state index in [-0.39, 0.29) is 33.1 Å². The fourth-order valence-electron chi connectivity index (χ4n) is 3.47. The number of hydrogen-bond donors (Lipinski definition) is 1. The fraction of sp³-hybridized carbons (Fsp3) is 0.842. The van der Waals surface area contributed by atoms with Gasteiger partial charge in [-0.05, 0) is 65.2 Å². The van der Waals surface area contributed by atoms with Crippen LogP contribution in [0.4, 0.5) is 4.79 Å². The van der Waals surface area contributed by atoms with Crippen LogP contribution in [0.2, 0.25) is 0 Å². The van der Waals surface area contributed by atoms with E-state index in [1.54, 1.807) is 20.8 Å². The number of carbonyl (C=O) groups excluding carboxylic acids is 3. The van der Waals surface area contributed by atoms with Crippen LogP contribution in [0.15, 0.2) is 5.29 Å². The molecule has 2 amide bonds. The van der Waals surface area contributed by atoms with Crippen molar-refractivity contribution in [2.45, 2.75) is 65.3 Å². The number of urea groups is 1. The highest BCUT2D eigenvalue weighted by atomic mass is 35.5. The summed E-state index contributed by atoms with van der Waals surface area (Å²) in [6.45, 7) is 5.45. The molecule has 29 heavy (non-hydrogen) atoms. The molecular formula is C19H34ClN3O6. The zero-order chi connectivity index (χ0) is 21.9. The number of esters is 2.